The van der Waals surface area contributed by atoms with Crippen LogP contribution in [0.15, 0.2) is 36.4 Å². The van der Waals surface area contributed by atoms with E-state index in [0.29, 0.717) is 5.56 Å². The highest BCUT2D eigenvalue weighted by atomic mass is 35.5. The van der Waals surface area contributed by atoms with E-state index in [2.05, 4.69) is 0 Å². The molecule has 0 amide bonds. The first-order chi connectivity index (χ1) is 9.51. The Morgan fingerprint density at radius 1 is 1.15 bits per heavy atom. The second-order valence-electron chi connectivity index (χ2n) is 4.20. The van der Waals surface area contributed by atoms with Gasteiger partial charge in [-0.2, -0.15) is 0 Å². The Bertz CT molecular complexity index is 656. The molecule has 2 rings (SSSR count). The number of ether oxygens (including phenoxy) is 1. The van der Waals surface area contributed by atoms with Crippen molar-refractivity contribution in [2.75, 3.05) is 7.11 Å². The Balaban J connectivity index is 2.19. The number of carbonyl (C=O) groups is 1. The van der Waals surface area contributed by atoms with Gasteiger partial charge >= 0.3 is 0 Å². The van der Waals surface area contributed by atoms with E-state index in [1.807, 2.05) is 0 Å². The summed E-state index contributed by atoms with van der Waals surface area (Å²) in [6.45, 7) is 0. The smallest absolute Gasteiger partial charge is 0.167 e. The second-order valence-corrected chi connectivity index (χ2v) is 4.60. The van der Waals surface area contributed by atoms with Gasteiger partial charge in [-0.05, 0) is 35.9 Å². The zero-order chi connectivity index (χ0) is 14.7. The van der Waals surface area contributed by atoms with Gasteiger partial charge in [0.05, 0.1) is 12.1 Å². The van der Waals surface area contributed by atoms with Crippen LogP contribution in [0.1, 0.15) is 15.9 Å². The minimum Gasteiger partial charge on any atom is -0.494 e. The molecule has 0 atom stereocenters. The number of ketones is 1. The lowest BCUT2D eigenvalue weighted by Gasteiger charge is -2.05. The molecule has 0 spiro atoms. The molecule has 0 N–H and O–H groups in total. The fraction of sp³-hybridized carbons (Fsp3) is 0.133. The number of methoxy groups -OCH3 is 1. The molecule has 104 valence electrons. The van der Waals surface area contributed by atoms with E-state index in [-0.39, 0.29) is 28.5 Å². The molecule has 0 aromatic heterocycles. The summed E-state index contributed by atoms with van der Waals surface area (Å²) in [5.74, 6) is -1.44. The van der Waals surface area contributed by atoms with Crippen LogP contribution in [0.3, 0.4) is 0 Å². The Hall–Kier alpha value is -1.94. The van der Waals surface area contributed by atoms with Gasteiger partial charge in [0.2, 0.25) is 0 Å². The number of benzene rings is 2. The molecule has 2 aromatic carbocycles. The van der Waals surface area contributed by atoms with Crippen LogP contribution in [0.5, 0.6) is 5.75 Å². The summed E-state index contributed by atoms with van der Waals surface area (Å²) in [7, 11) is 1.34. The predicted octanol–water partition coefficient (Wildman–Crippen LogP) is 4.05. The largest absolute Gasteiger partial charge is 0.494 e. The zero-order valence-corrected chi connectivity index (χ0v) is 11.4. The predicted molar refractivity (Wildman–Crippen MR) is 72.4 cm³/mol. The van der Waals surface area contributed by atoms with Crippen LogP contribution in [-0.4, -0.2) is 12.9 Å². The average Bonchev–Trinajstić information content (AvgIpc) is 2.42. The van der Waals surface area contributed by atoms with Crippen molar-refractivity contribution in [3.8, 4) is 5.75 Å². The van der Waals surface area contributed by atoms with Gasteiger partial charge in [-0.25, -0.2) is 8.78 Å². The molecule has 0 aliphatic carbocycles. The van der Waals surface area contributed by atoms with Gasteiger partial charge in [0.25, 0.3) is 0 Å². The van der Waals surface area contributed by atoms with Gasteiger partial charge in [0, 0.05) is 12.0 Å². The van der Waals surface area contributed by atoms with Gasteiger partial charge in [-0.3, -0.25) is 4.79 Å². The number of hydrogen-bond donors (Lipinski definition) is 0. The van der Waals surface area contributed by atoms with E-state index >= 15 is 0 Å². The lowest BCUT2D eigenvalue weighted by atomic mass is 10.0. The standard InChI is InChI=1S/C15H11ClF2O2/c1-20-15-5-3-10(8-13(15)18)14(19)7-9-2-4-11(16)12(17)6-9/h2-6,8H,7H2,1H3. The molecule has 0 fully saturated rings. The number of Topliss-reactive ketones (excluding diaryl/α,β-unsaturated/α-hetero) is 1. The summed E-state index contributed by atoms with van der Waals surface area (Å²) >= 11 is 5.56. The fourth-order valence-corrected chi connectivity index (χ4v) is 1.89. The van der Waals surface area contributed by atoms with E-state index in [4.69, 9.17) is 16.3 Å². The molecule has 0 saturated carbocycles. The summed E-state index contributed by atoms with van der Waals surface area (Å²) in [5.41, 5.74) is 0.687. The Morgan fingerprint density at radius 2 is 1.90 bits per heavy atom. The summed E-state index contributed by atoms with van der Waals surface area (Å²) in [5, 5.41) is -0.00306. The number of rotatable bonds is 4. The van der Waals surface area contributed by atoms with Crippen LogP contribution in [0.2, 0.25) is 5.02 Å². The number of halogens is 3. The molecule has 0 aliphatic heterocycles. The van der Waals surface area contributed by atoms with E-state index in [9.17, 15) is 13.6 Å². The first-order valence-electron chi connectivity index (χ1n) is 5.82. The maximum atomic E-state index is 13.5. The van der Waals surface area contributed by atoms with Crippen molar-refractivity contribution < 1.29 is 18.3 Å². The van der Waals surface area contributed by atoms with Crippen molar-refractivity contribution in [3.63, 3.8) is 0 Å². The third-order valence-corrected chi connectivity index (χ3v) is 3.13. The fourth-order valence-electron chi connectivity index (χ4n) is 1.78. The van der Waals surface area contributed by atoms with E-state index < -0.39 is 11.6 Å². The zero-order valence-electron chi connectivity index (χ0n) is 10.6. The van der Waals surface area contributed by atoms with Crippen LogP contribution in [0.4, 0.5) is 8.78 Å². The Labute approximate surface area is 119 Å². The molecule has 0 radical (unpaired) electrons. The first kappa shape index (κ1) is 14.5. The molecule has 20 heavy (non-hydrogen) atoms. The lowest BCUT2D eigenvalue weighted by Crippen LogP contribution is -2.05. The van der Waals surface area contributed by atoms with Crippen LogP contribution in [0.25, 0.3) is 0 Å². The monoisotopic (exact) mass is 296 g/mol. The molecular formula is C15H11ClF2O2. The van der Waals surface area contributed by atoms with Crippen molar-refractivity contribution in [2.24, 2.45) is 0 Å². The van der Waals surface area contributed by atoms with Crippen molar-refractivity contribution in [3.05, 3.63) is 64.2 Å². The minimum absolute atomic E-state index is 0.00306. The molecule has 2 aromatic rings. The SMILES string of the molecule is COc1ccc(C(=O)Cc2ccc(Cl)c(F)c2)cc1F. The van der Waals surface area contributed by atoms with E-state index in [1.165, 1.54) is 31.4 Å². The molecule has 0 aliphatic rings. The summed E-state index contributed by atoms with van der Waals surface area (Å²) < 4.78 is 31.6. The molecule has 0 unspecified atom stereocenters. The highest BCUT2D eigenvalue weighted by molar-refractivity contribution is 6.30. The Kier molecular flexibility index (Phi) is 4.35. The summed E-state index contributed by atoms with van der Waals surface area (Å²) in [4.78, 5) is 12.0. The third-order valence-electron chi connectivity index (χ3n) is 2.82. The second kappa shape index (κ2) is 6.01. The van der Waals surface area contributed by atoms with Gasteiger partial charge in [-0.1, -0.05) is 17.7 Å². The van der Waals surface area contributed by atoms with Gasteiger partial charge in [-0.15, -0.1) is 0 Å². The maximum absolute atomic E-state index is 13.5. The topological polar surface area (TPSA) is 26.3 Å². The van der Waals surface area contributed by atoms with Crippen LogP contribution in [-0.2, 0) is 6.42 Å². The average molecular weight is 297 g/mol. The van der Waals surface area contributed by atoms with Gasteiger partial charge in [0.15, 0.2) is 17.3 Å². The molecular weight excluding hydrogens is 286 g/mol. The van der Waals surface area contributed by atoms with Crippen molar-refractivity contribution in [1.29, 1.82) is 0 Å². The van der Waals surface area contributed by atoms with E-state index in [1.54, 1.807) is 6.07 Å². The maximum Gasteiger partial charge on any atom is 0.167 e. The van der Waals surface area contributed by atoms with Crippen molar-refractivity contribution in [1.82, 2.24) is 0 Å². The summed E-state index contributed by atoms with van der Waals surface area (Å²) in [6.07, 6.45) is -0.0279. The van der Waals surface area contributed by atoms with Gasteiger partial charge in [0.1, 0.15) is 5.82 Å². The van der Waals surface area contributed by atoms with E-state index in [0.717, 1.165) is 6.07 Å². The van der Waals surface area contributed by atoms with Crippen LogP contribution >= 0.6 is 11.6 Å². The van der Waals surface area contributed by atoms with Crippen molar-refractivity contribution in [2.45, 2.75) is 6.42 Å². The third kappa shape index (κ3) is 3.14. The highest BCUT2D eigenvalue weighted by Gasteiger charge is 2.12. The molecule has 0 saturated heterocycles. The first-order valence-corrected chi connectivity index (χ1v) is 6.19. The number of hydrogen-bond acceptors (Lipinski definition) is 2. The minimum atomic E-state index is -0.611. The highest BCUT2D eigenvalue weighted by Crippen LogP contribution is 2.20. The molecule has 0 heterocycles. The van der Waals surface area contributed by atoms with Crippen molar-refractivity contribution >= 4 is 17.4 Å². The normalized spacial score (nSPS) is 10.4. The quantitative estimate of drug-likeness (QED) is 0.796. The molecule has 2 nitrogen and oxygen atoms in total. The van der Waals surface area contributed by atoms with Crippen LogP contribution < -0.4 is 4.74 Å². The summed E-state index contributed by atoms with van der Waals surface area (Å²) in [6, 6.07) is 8.09. The lowest BCUT2D eigenvalue weighted by molar-refractivity contribution is 0.0992. The molecule has 0 bridgehead atoms. The number of carbonyl (C=O) groups excluding carboxylic acids is 1. The van der Waals surface area contributed by atoms with Gasteiger partial charge < -0.3 is 4.74 Å². The van der Waals surface area contributed by atoms with Crippen LogP contribution in [0, 0.1) is 11.6 Å². The Morgan fingerprint density at radius 3 is 2.50 bits per heavy atom. The molecule has 5 heteroatoms.